The van der Waals surface area contributed by atoms with Crippen LogP contribution < -0.4 is 5.73 Å². The molecule has 1 aromatic rings. The molecule has 0 aliphatic carbocycles. The first kappa shape index (κ1) is 13.2. The Balaban J connectivity index is 1.72. The molecule has 19 heavy (non-hydrogen) atoms. The van der Waals surface area contributed by atoms with E-state index in [4.69, 9.17) is 17.3 Å². The fraction of sp³-hybridized carbons (Fsp3) is 0.600. The fourth-order valence-corrected chi connectivity index (χ4v) is 3.63. The second kappa shape index (κ2) is 5.70. The molecule has 0 radical (unpaired) electrons. The fourth-order valence-electron chi connectivity index (χ4n) is 3.39. The number of nitrogen functional groups attached to an aromatic ring is 1. The van der Waals surface area contributed by atoms with Crippen LogP contribution in [0.5, 0.6) is 0 Å². The molecule has 0 aromatic heterocycles. The van der Waals surface area contributed by atoms with E-state index in [-0.39, 0.29) is 0 Å². The molecule has 3 nitrogen and oxygen atoms in total. The van der Waals surface area contributed by atoms with Gasteiger partial charge in [-0.3, -0.25) is 9.80 Å². The second-order valence-electron chi connectivity index (χ2n) is 5.73. The van der Waals surface area contributed by atoms with E-state index in [1.54, 1.807) is 0 Å². The van der Waals surface area contributed by atoms with Gasteiger partial charge in [-0.25, -0.2) is 0 Å². The van der Waals surface area contributed by atoms with Crippen molar-refractivity contribution < 1.29 is 0 Å². The molecule has 104 valence electrons. The zero-order chi connectivity index (χ0) is 13.2. The molecule has 1 unspecified atom stereocenters. The summed E-state index contributed by atoms with van der Waals surface area (Å²) < 4.78 is 0. The van der Waals surface area contributed by atoms with E-state index in [2.05, 4.69) is 9.80 Å². The van der Waals surface area contributed by atoms with Crippen LogP contribution in [0.1, 0.15) is 24.8 Å². The Morgan fingerprint density at radius 2 is 2.05 bits per heavy atom. The number of nitrogens with zero attached hydrogens (tertiary/aromatic N) is 2. The molecule has 2 heterocycles. The van der Waals surface area contributed by atoms with E-state index in [9.17, 15) is 0 Å². The van der Waals surface area contributed by atoms with Crippen LogP contribution in [-0.2, 0) is 6.54 Å². The minimum absolute atomic E-state index is 0.742. The molecular weight excluding hydrogens is 258 g/mol. The summed E-state index contributed by atoms with van der Waals surface area (Å²) in [7, 11) is 0. The molecule has 0 amide bonds. The number of anilines is 1. The summed E-state index contributed by atoms with van der Waals surface area (Å²) in [4.78, 5) is 5.17. The molecule has 0 saturated carbocycles. The lowest BCUT2D eigenvalue weighted by atomic mass is 10.1. The normalized spacial score (nSPS) is 25.2. The van der Waals surface area contributed by atoms with Crippen molar-refractivity contribution in [2.75, 3.05) is 31.9 Å². The molecule has 0 spiro atoms. The molecule has 2 N–H and O–H groups in total. The van der Waals surface area contributed by atoms with Crippen LogP contribution in [0.15, 0.2) is 18.2 Å². The lowest BCUT2D eigenvalue weighted by Crippen LogP contribution is -2.36. The van der Waals surface area contributed by atoms with Crippen molar-refractivity contribution in [2.45, 2.75) is 31.8 Å². The highest BCUT2D eigenvalue weighted by Crippen LogP contribution is 2.26. The van der Waals surface area contributed by atoms with Gasteiger partial charge < -0.3 is 5.73 Å². The molecule has 2 aliphatic heterocycles. The Bertz CT molecular complexity index is 429. The number of halogens is 1. The lowest BCUT2D eigenvalue weighted by Gasteiger charge is -2.26. The Kier molecular flexibility index (Phi) is 3.96. The van der Waals surface area contributed by atoms with Crippen molar-refractivity contribution in [1.29, 1.82) is 0 Å². The molecular formula is C15H22ClN3. The highest BCUT2D eigenvalue weighted by Gasteiger charge is 2.28. The molecule has 2 fully saturated rings. The summed E-state index contributed by atoms with van der Waals surface area (Å²) in [6, 6.07) is 6.54. The number of fused-ring (bicyclic) bond motifs is 1. The molecule has 2 aliphatic rings. The molecule has 1 atom stereocenters. The summed E-state index contributed by atoms with van der Waals surface area (Å²) in [6.45, 7) is 5.73. The topological polar surface area (TPSA) is 32.5 Å². The summed E-state index contributed by atoms with van der Waals surface area (Å²) in [5, 5.41) is 0.799. The van der Waals surface area contributed by atoms with Gasteiger partial charge in [0.15, 0.2) is 0 Å². The maximum Gasteiger partial charge on any atom is 0.0471 e. The number of benzene rings is 1. The minimum atomic E-state index is 0.742. The largest absolute Gasteiger partial charge is 0.398 e. The number of hydrogen-bond donors (Lipinski definition) is 1. The summed E-state index contributed by atoms with van der Waals surface area (Å²) in [6.07, 6.45) is 3.95. The third kappa shape index (κ3) is 2.88. The number of hydrogen-bond acceptors (Lipinski definition) is 3. The van der Waals surface area contributed by atoms with Gasteiger partial charge in [-0.1, -0.05) is 17.7 Å². The smallest absolute Gasteiger partial charge is 0.0471 e. The van der Waals surface area contributed by atoms with Crippen molar-refractivity contribution in [3.8, 4) is 0 Å². The first-order valence-electron chi connectivity index (χ1n) is 7.23. The summed E-state index contributed by atoms with van der Waals surface area (Å²) in [5.41, 5.74) is 7.98. The Labute approximate surface area is 120 Å². The molecule has 1 aromatic carbocycles. The quantitative estimate of drug-likeness (QED) is 0.845. The molecule has 0 bridgehead atoms. The summed E-state index contributed by atoms with van der Waals surface area (Å²) >= 11 is 6.28. The average Bonchev–Trinajstić information content (AvgIpc) is 2.73. The molecule has 2 saturated heterocycles. The van der Waals surface area contributed by atoms with Gasteiger partial charge in [-0.05, 0) is 51.0 Å². The monoisotopic (exact) mass is 279 g/mol. The van der Waals surface area contributed by atoms with Gasteiger partial charge in [0.25, 0.3) is 0 Å². The minimum Gasteiger partial charge on any atom is -0.398 e. The van der Waals surface area contributed by atoms with Gasteiger partial charge in [-0.15, -0.1) is 0 Å². The first-order chi connectivity index (χ1) is 9.24. The molecule has 3 rings (SSSR count). The van der Waals surface area contributed by atoms with E-state index < -0.39 is 0 Å². The Morgan fingerprint density at radius 1 is 1.21 bits per heavy atom. The highest BCUT2D eigenvalue weighted by atomic mass is 35.5. The highest BCUT2D eigenvalue weighted by molar-refractivity contribution is 6.31. The van der Waals surface area contributed by atoms with E-state index in [0.29, 0.717) is 0 Å². The van der Waals surface area contributed by atoms with Gasteiger partial charge in [0, 0.05) is 35.4 Å². The Morgan fingerprint density at radius 3 is 2.89 bits per heavy atom. The van der Waals surface area contributed by atoms with Crippen LogP contribution in [0, 0.1) is 0 Å². The van der Waals surface area contributed by atoms with Gasteiger partial charge >= 0.3 is 0 Å². The number of rotatable bonds is 2. The van der Waals surface area contributed by atoms with Crippen molar-refractivity contribution >= 4 is 17.3 Å². The van der Waals surface area contributed by atoms with Crippen LogP contribution in [0.4, 0.5) is 5.69 Å². The van der Waals surface area contributed by atoms with E-state index in [1.807, 2.05) is 18.2 Å². The van der Waals surface area contributed by atoms with Gasteiger partial charge in [0.05, 0.1) is 0 Å². The maximum atomic E-state index is 6.28. The van der Waals surface area contributed by atoms with Crippen molar-refractivity contribution in [3.63, 3.8) is 0 Å². The summed E-state index contributed by atoms with van der Waals surface area (Å²) in [5.74, 6) is 0. The second-order valence-corrected chi connectivity index (χ2v) is 6.14. The predicted molar refractivity (Wildman–Crippen MR) is 80.4 cm³/mol. The number of nitrogens with two attached hydrogens (primary N) is 1. The zero-order valence-electron chi connectivity index (χ0n) is 11.3. The maximum absolute atomic E-state index is 6.28. The van der Waals surface area contributed by atoms with E-state index >= 15 is 0 Å². The van der Waals surface area contributed by atoms with Crippen LogP contribution in [0.25, 0.3) is 0 Å². The van der Waals surface area contributed by atoms with Crippen molar-refractivity contribution in [3.05, 3.63) is 28.8 Å². The van der Waals surface area contributed by atoms with Crippen molar-refractivity contribution in [1.82, 2.24) is 9.80 Å². The first-order valence-corrected chi connectivity index (χ1v) is 7.61. The molecule has 4 heteroatoms. The van der Waals surface area contributed by atoms with Crippen LogP contribution >= 0.6 is 11.6 Å². The Hall–Kier alpha value is -0.770. The SMILES string of the molecule is Nc1cccc(Cl)c1CN1CCCN2CCCC2C1. The van der Waals surface area contributed by atoms with Crippen LogP contribution in [0.3, 0.4) is 0 Å². The van der Waals surface area contributed by atoms with Gasteiger partial charge in [0.1, 0.15) is 0 Å². The van der Waals surface area contributed by atoms with Gasteiger partial charge in [-0.2, -0.15) is 0 Å². The lowest BCUT2D eigenvalue weighted by molar-refractivity contribution is 0.215. The van der Waals surface area contributed by atoms with Crippen LogP contribution in [-0.4, -0.2) is 42.0 Å². The predicted octanol–water partition coefficient (Wildman–Crippen LogP) is 2.59. The van der Waals surface area contributed by atoms with E-state index in [0.717, 1.165) is 41.9 Å². The van der Waals surface area contributed by atoms with Crippen LogP contribution in [0.2, 0.25) is 5.02 Å². The average molecular weight is 280 g/mol. The standard InChI is InChI=1S/C15H22ClN3/c16-14-5-1-6-15(17)13(14)11-18-7-3-9-19-8-2-4-12(19)10-18/h1,5-6,12H,2-4,7-11,17H2. The third-order valence-corrected chi connectivity index (χ3v) is 4.78. The van der Waals surface area contributed by atoms with Gasteiger partial charge in [0.2, 0.25) is 0 Å². The van der Waals surface area contributed by atoms with E-state index in [1.165, 1.54) is 32.4 Å². The third-order valence-electron chi connectivity index (χ3n) is 4.42. The zero-order valence-corrected chi connectivity index (χ0v) is 12.1. The van der Waals surface area contributed by atoms with Crippen molar-refractivity contribution in [2.24, 2.45) is 0 Å².